The molecule has 10 heteroatoms. The van der Waals surface area contributed by atoms with Crippen LogP contribution < -0.4 is 5.32 Å². The molecule has 9 nitrogen and oxygen atoms in total. The van der Waals surface area contributed by atoms with Gasteiger partial charge < -0.3 is 20.1 Å². The number of amides is 1. The molecule has 0 aliphatic carbocycles. The molecule has 2 atom stereocenters. The van der Waals surface area contributed by atoms with Gasteiger partial charge in [0.2, 0.25) is 5.91 Å². The van der Waals surface area contributed by atoms with Crippen molar-refractivity contribution in [2.75, 3.05) is 26.4 Å². The molecule has 61 heavy (non-hydrogen) atoms. The summed E-state index contributed by atoms with van der Waals surface area (Å²) >= 11 is 0. The second kappa shape index (κ2) is 48.0. The molecule has 0 bridgehead atoms. The number of phosphoric acid groups is 1. The summed E-state index contributed by atoms with van der Waals surface area (Å²) in [6.45, 7) is 3.58. The van der Waals surface area contributed by atoms with E-state index in [9.17, 15) is 24.2 Å². The highest BCUT2D eigenvalue weighted by Crippen LogP contribution is 2.42. The van der Waals surface area contributed by atoms with Crippen molar-refractivity contribution >= 4 is 19.7 Å². The molecule has 360 valence electrons. The number of esters is 1. The fourth-order valence-electron chi connectivity index (χ4n) is 7.43. The Balaban J connectivity index is 3.53. The van der Waals surface area contributed by atoms with E-state index in [4.69, 9.17) is 13.8 Å². The van der Waals surface area contributed by atoms with E-state index >= 15 is 0 Å². The monoisotopic (exact) mass is 884 g/mol. The smallest absolute Gasteiger partial charge is 0.463 e. The van der Waals surface area contributed by atoms with Gasteiger partial charge in [-0.05, 0) is 64.2 Å². The molecule has 0 fully saturated rings. The van der Waals surface area contributed by atoms with Gasteiger partial charge in [0.15, 0.2) is 0 Å². The third-order valence-corrected chi connectivity index (χ3v) is 12.3. The van der Waals surface area contributed by atoms with E-state index in [-0.39, 0.29) is 32.1 Å². The Morgan fingerprint density at radius 2 is 0.836 bits per heavy atom. The number of aliphatic hydroxyl groups excluding tert-OH is 1. The zero-order valence-electron chi connectivity index (χ0n) is 39.9. The quantitative estimate of drug-likeness (QED) is 0.0238. The number of carbonyl (C=O) groups excluding carboxylic acids is 2. The predicted octanol–water partition coefficient (Wildman–Crippen LogP) is 15.1. The molecule has 0 aromatic rings. The van der Waals surface area contributed by atoms with E-state index in [0.29, 0.717) is 6.42 Å². The summed E-state index contributed by atoms with van der Waals surface area (Å²) in [6.07, 6.45) is 54.0. The third-order valence-electron chi connectivity index (χ3n) is 11.4. The second-order valence-corrected chi connectivity index (χ2v) is 18.9. The molecule has 3 N–H and O–H groups in total. The van der Waals surface area contributed by atoms with Crippen LogP contribution in [-0.2, 0) is 27.9 Å². The number of rotatable bonds is 49. The minimum atomic E-state index is -4.42. The van der Waals surface area contributed by atoms with E-state index in [0.717, 1.165) is 38.5 Å². The van der Waals surface area contributed by atoms with E-state index in [1.54, 1.807) is 0 Å². The van der Waals surface area contributed by atoms with Crippen molar-refractivity contribution in [3.8, 4) is 0 Å². The van der Waals surface area contributed by atoms with Crippen molar-refractivity contribution in [3.63, 3.8) is 0 Å². The molecule has 0 aromatic carbocycles. The van der Waals surface area contributed by atoms with Crippen molar-refractivity contribution in [1.29, 1.82) is 0 Å². The van der Waals surface area contributed by atoms with Crippen LogP contribution in [0.4, 0.5) is 0 Å². The maximum Gasteiger partial charge on any atom is 0.472 e. The van der Waals surface area contributed by atoms with Crippen LogP contribution in [0.1, 0.15) is 258 Å². The van der Waals surface area contributed by atoms with Crippen molar-refractivity contribution in [1.82, 2.24) is 5.32 Å². The van der Waals surface area contributed by atoms with Gasteiger partial charge >= 0.3 is 13.8 Å². The number of phosphoric ester groups is 1. The molecular weight excluding hydrogens is 786 g/mol. The summed E-state index contributed by atoms with van der Waals surface area (Å²) in [7, 11) is -4.42. The number of carbonyl (C=O) groups is 2. The largest absolute Gasteiger partial charge is 0.472 e. The van der Waals surface area contributed by atoms with Crippen molar-refractivity contribution < 1.29 is 37.9 Å². The maximum atomic E-state index is 12.1. The number of allylic oxidation sites excluding steroid dienone is 4. The number of nitrogens with one attached hydrogen (secondary N) is 1. The van der Waals surface area contributed by atoms with Crippen molar-refractivity contribution in [2.45, 2.75) is 264 Å². The fourth-order valence-corrected chi connectivity index (χ4v) is 8.19. The molecular formula is C51H98NO8P. The highest BCUT2D eigenvalue weighted by Gasteiger charge is 2.23. The fraction of sp³-hybridized carbons (Fsp3) is 0.882. The maximum absolute atomic E-state index is 12.1. The first-order chi connectivity index (χ1) is 29.8. The Labute approximate surface area is 376 Å². The van der Waals surface area contributed by atoms with Crippen LogP contribution >= 0.6 is 7.82 Å². The van der Waals surface area contributed by atoms with E-state index < -0.39 is 26.5 Å². The molecule has 0 saturated carbocycles. The Morgan fingerprint density at radius 1 is 0.492 bits per heavy atom. The van der Waals surface area contributed by atoms with Gasteiger partial charge in [0, 0.05) is 19.4 Å². The molecule has 0 spiro atoms. The molecule has 0 heterocycles. The Bertz CT molecular complexity index is 1050. The number of hydrogen-bond acceptors (Lipinski definition) is 7. The number of hydrogen-bond donors (Lipinski definition) is 3. The van der Waals surface area contributed by atoms with Crippen LogP contribution in [0.2, 0.25) is 0 Å². The van der Waals surface area contributed by atoms with Crippen LogP contribution in [0, 0.1) is 0 Å². The van der Waals surface area contributed by atoms with Crippen LogP contribution in [-0.4, -0.2) is 54.3 Å². The molecule has 0 rings (SSSR count). The van der Waals surface area contributed by atoms with Crippen LogP contribution in [0.3, 0.4) is 0 Å². The molecule has 0 aliphatic rings. The van der Waals surface area contributed by atoms with Crippen molar-refractivity contribution in [2.24, 2.45) is 0 Å². The highest BCUT2D eigenvalue weighted by atomic mass is 31.2. The predicted molar refractivity (Wildman–Crippen MR) is 257 cm³/mol. The van der Waals surface area contributed by atoms with Gasteiger partial charge in [-0.25, -0.2) is 4.57 Å². The zero-order valence-corrected chi connectivity index (χ0v) is 40.8. The van der Waals surface area contributed by atoms with Crippen LogP contribution in [0.15, 0.2) is 24.3 Å². The lowest BCUT2D eigenvalue weighted by molar-refractivity contribution is -0.147. The lowest BCUT2D eigenvalue weighted by Crippen LogP contribution is -2.27. The first-order valence-electron chi connectivity index (χ1n) is 25.8. The van der Waals surface area contributed by atoms with Gasteiger partial charge in [0.1, 0.15) is 12.7 Å². The van der Waals surface area contributed by atoms with Gasteiger partial charge in [-0.2, -0.15) is 0 Å². The van der Waals surface area contributed by atoms with Crippen LogP contribution in [0.25, 0.3) is 0 Å². The van der Waals surface area contributed by atoms with Gasteiger partial charge in [-0.3, -0.25) is 18.6 Å². The number of aliphatic hydroxyl groups is 1. The average Bonchev–Trinajstić information content (AvgIpc) is 3.25. The average molecular weight is 884 g/mol. The normalized spacial score (nSPS) is 13.3. The summed E-state index contributed by atoms with van der Waals surface area (Å²) in [5.41, 5.74) is 0. The first kappa shape index (κ1) is 59.5. The summed E-state index contributed by atoms with van der Waals surface area (Å²) in [5.74, 6) is -0.511. The second-order valence-electron chi connectivity index (χ2n) is 17.5. The Morgan fingerprint density at radius 3 is 1.23 bits per heavy atom. The Hall–Kier alpha value is -1.51. The molecule has 0 saturated heterocycles. The van der Waals surface area contributed by atoms with E-state index in [1.807, 2.05) is 0 Å². The van der Waals surface area contributed by atoms with Crippen molar-refractivity contribution in [3.05, 3.63) is 24.3 Å². The lowest BCUT2D eigenvalue weighted by atomic mass is 10.0. The summed E-state index contributed by atoms with van der Waals surface area (Å²) in [4.78, 5) is 34.1. The molecule has 0 radical (unpaired) electrons. The standard InChI is InChI=1S/C51H98NO8P/c1-3-5-7-9-11-13-15-17-19-21-22-23-24-25-26-28-29-31-33-35-37-39-41-43-50(54)52-45-46-59-61(56,57)60-48-49(53)47-58-51(55)44-42-40-38-36-34-32-30-27-20-18-16-14-12-10-8-6-4-2/h17-20,49,53H,3-16,21-48H2,1-2H3,(H,52,54)(H,56,57)/b19-17+,20-18-. The van der Waals surface area contributed by atoms with E-state index in [1.165, 1.54) is 193 Å². The molecule has 1 amide bonds. The summed E-state index contributed by atoms with van der Waals surface area (Å²) in [5, 5.41) is 12.7. The number of ether oxygens (including phenoxy) is 1. The van der Waals surface area contributed by atoms with Gasteiger partial charge in [0.25, 0.3) is 0 Å². The SMILES string of the molecule is CCCCCCCC/C=C\CCCCCCCCCC(=O)OCC(O)COP(=O)(O)OCCNC(=O)CCCCCCCCCCCCCCC/C=C/CCCCCCCC. The van der Waals surface area contributed by atoms with Gasteiger partial charge in [0.05, 0.1) is 13.2 Å². The molecule has 2 unspecified atom stereocenters. The first-order valence-corrected chi connectivity index (χ1v) is 27.3. The zero-order chi connectivity index (χ0) is 44.6. The van der Waals surface area contributed by atoms with Gasteiger partial charge in [-0.1, -0.05) is 205 Å². The topological polar surface area (TPSA) is 131 Å². The third kappa shape index (κ3) is 49.4. The minimum absolute atomic E-state index is 0.0839. The van der Waals surface area contributed by atoms with Crippen LogP contribution in [0.5, 0.6) is 0 Å². The lowest BCUT2D eigenvalue weighted by Gasteiger charge is -2.15. The Kier molecular flexibility index (Phi) is 46.8. The summed E-state index contributed by atoms with van der Waals surface area (Å²) < 4.78 is 27.0. The van der Waals surface area contributed by atoms with Gasteiger partial charge in [-0.15, -0.1) is 0 Å². The molecule has 0 aromatic heterocycles. The van der Waals surface area contributed by atoms with E-state index in [2.05, 4.69) is 43.5 Å². The summed E-state index contributed by atoms with van der Waals surface area (Å²) in [6, 6.07) is 0. The number of unbranched alkanes of at least 4 members (excludes halogenated alkanes) is 32. The highest BCUT2D eigenvalue weighted by molar-refractivity contribution is 7.47. The minimum Gasteiger partial charge on any atom is -0.463 e. The molecule has 0 aliphatic heterocycles.